The minimum absolute atomic E-state index is 0.139. The molecule has 1 aromatic rings. The third-order valence-corrected chi connectivity index (χ3v) is 3.96. The van der Waals surface area contributed by atoms with Crippen molar-refractivity contribution in [3.63, 3.8) is 0 Å². The Morgan fingerprint density at radius 1 is 1.26 bits per heavy atom. The van der Waals surface area contributed by atoms with Crippen molar-refractivity contribution in [3.8, 4) is 0 Å². The van der Waals surface area contributed by atoms with Crippen molar-refractivity contribution in [1.82, 2.24) is 5.32 Å². The molecule has 1 N–H and O–H groups in total. The van der Waals surface area contributed by atoms with E-state index in [1.54, 1.807) is 0 Å². The maximum atomic E-state index is 11.1. The molecule has 3 nitrogen and oxygen atoms in total. The first kappa shape index (κ1) is 14.1. The number of carbonyl (C=O) groups is 1. The first-order chi connectivity index (χ1) is 9.31. The molecule has 0 aromatic heterocycles. The SMILES string of the molecule is COC(=O)CCNC1CCCCC1c1ccccc1. The van der Waals surface area contributed by atoms with E-state index >= 15 is 0 Å². The third-order valence-electron chi connectivity index (χ3n) is 3.96. The molecule has 0 amide bonds. The van der Waals surface area contributed by atoms with E-state index in [0.717, 1.165) is 0 Å². The molecule has 2 rings (SSSR count). The molecule has 1 fully saturated rings. The van der Waals surface area contributed by atoms with Crippen molar-refractivity contribution in [3.05, 3.63) is 35.9 Å². The second-order valence-electron chi connectivity index (χ2n) is 5.19. The first-order valence-electron chi connectivity index (χ1n) is 7.16. The van der Waals surface area contributed by atoms with Gasteiger partial charge in [0.15, 0.2) is 0 Å². The van der Waals surface area contributed by atoms with E-state index < -0.39 is 0 Å². The smallest absolute Gasteiger partial charge is 0.306 e. The number of ether oxygens (including phenoxy) is 1. The normalized spacial score (nSPS) is 23.0. The number of esters is 1. The van der Waals surface area contributed by atoms with Gasteiger partial charge >= 0.3 is 5.97 Å². The summed E-state index contributed by atoms with van der Waals surface area (Å²) in [5, 5.41) is 3.53. The van der Waals surface area contributed by atoms with Crippen LogP contribution in [-0.4, -0.2) is 25.7 Å². The van der Waals surface area contributed by atoms with Crippen molar-refractivity contribution in [2.75, 3.05) is 13.7 Å². The summed E-state index contributed by atoms with van der Waals surface area (Å²) in [7, 11) is 1.44. The fraction of sp³-hybridized carbons (Fsp3) is 0.562. The molecule has 0 aliphatic heterocycles. The van der Waals surface area contributed by atoms with Crippen molar-refractivity contribution in [1.29, 1.82) is 0 Å². The summed E-state index contributed by atoms with van der Waals surface area (Å²) in [6, 6.07) is 11.2. The van der Waals surface area contributed by atoms with Gasteiger partial charge in [-0.1, -0.05) is 43.2 Å². The van der Waals surface area contributed by atoms with Crippen LogP contribution in [0.3, 0.4) is 0 Å². The summed E-state index contributed by atoms with van der Waals surface area (Å²) in [6.45, 7) is 0.709. The lowest BCUT2D eigenvalue weighted by molar-refractivity contribution is -0.140. The van der Waals surface area contributed by atoms with Crippen molar-refractivity contribution in [2.24, 2.45) is 0 Å². The molecule has 0 heterocycles. The van der Waals surface area contributed by atoms with Crippen LogP contribution < -0.4 is 5.32 Å². The Morgan fingerprint density at radius 2 is 2.00 bits per heavy atom. The average molecular weight is 261 g/mol. The second-order valence-corrected chi connectivity index (χ2v) is 5.19. The van der Waals surface area contributed by atoms with Gasteiger partial charge in [-0.05, 0) is 24.3 Å². The Kier molecular flexibility index (Phi) is 5.40. The van der Waals surface area contributed by atoms with Gasteiger partial charge < -0.3 is 10.1 Å². The van der Waals surface area contributed by atoms with E-state index in [-0.39, 0.29) is 5.97 Å². The topological polar surface area (TPSA) is 38.3 Å². The van der Waals surface area contributed by atoms with E-state index in [2.05, 4.69) is 40.4 Å². The van der Waals surface area contributed by atoms with Gasteiger partial charge in [-0.3, -0.25) is 4.79 Å². The molecule has 0 spiro atoms. The zero-order chi connectivity index (χ0) is 13.5. The molecule has 2 atom stereocenters. The number of hydrogen-bond donors (Lipinski definition) is 1. The van der Waals surface area contributed by atoms with Gasteiger partial charge in [0.2, 0.25) is 0 Å². The summed E-state index contributed by atoms with van der Waals surface area (Å²) in [4.78, 5) is 11.1. The number of benzene rings is 1. The van der Waals surface area contributed by atoms with Gasteiger partial charge in [0, 0.05) is 12.6 Å². The number of methoxy groups -OCH3 is 1. The first-order valence-corrected chi connectivity index (χ1v) is 7.16. The maximum absolute atomic E-state index is 11.1. The van der Waals surface area contributed by atoms with Crippen LogP contribution in [0.2, 0.25) is 0 Å². The molecule has 0 radical (unpaired) electrons. The highest BCUT2D eigenvalue weighted by Gasteiger charge is 2.25. The predicted molar refractivity (Wildman–Crippen MR) is 76.1 cm³/mol. The lowest BCUT2D eigenvalue weighted by Crippen LogP contribution is -2.38. The van der Waals surface area contributed by atoms with E-state index in [1.165, 1.54) is 38.4 Å². The average Bonchev–Trinajstić information content (AvgIpc) is 2.48. The number of nitrogens with one attached hydrogen (secondary N) is 1. The van der Waals surface area contributed by atoms with Gasteiger partial charge in [-0.25, -0.2) is 0 Å². The lowest BCUT2D eigenvalue weighted by Gasteiger charge is -2.32. The molecule has 19 heavy (non-hydrogen) atoms. The summed E-state index contributed by atoms with van der Waals surface area (Å²) in [6.07, 6.45) is 5.46. The second kappa shape index (κ2) is 7.29. The van der Waals surface area contributed by atoms with Crippen LogP contribution in [0, 0.1) is 0 Å². The van der Waals surface area contributed by atoms with E-state index in [1.807, 2.05) is 0 Å². The molecule has 0 saturated heterocycles. The lowest BCUT2D eigenvalue weighted by atomic mass is 9.80. The quantitative estimate of drug-likeness (QED) is 0.828. The van der Waals surface area contributed by atoms with Crippen LogP contribution >= 0.6 is 0 Å². The summed E-state index contributed by atoms with van der Waals surface area (Å²) >= 11 is 0. The highest BCUT2D eigenvalue weighted by Crippen LogP contribution is 2.32. The Bertz CT molecular complexity index is 391. The van der Waals surface area contributed by atoms with Crippen LogP contribution in [0.15, 0.2) is 30.3 Å². The number of rotatable bonds is 5. The largest absolute Gasteiger partial charge is 0.469 e. The van der Waals surface area contributed by atoms with Crippen molar-refractivity contribution in [2.45, 2.75) is 44.1 Å². The molecular formula is C16H23NO2. The molecular weight excluding hydrogens is 238 g/mol. The Labute approximate surface area is 115 Å². The fourth-order valence-electron chi connectivity index (χ4n) is 2.94. The maximum Gasteiger partial charge on any atom is 0.306 e. The Hall–Kier alpha value is -1.35. The number of carbonyl (C=O) groups excluding carboxylic acids is 1. The van der Waals surface area contributed by atoms with Crippen molar-refractivity contribution >= 4 is 5.97 Å². The molecule has 3 heteroatoms. The molecule has 1 saturated carbocycles. The van der Waals surface area contributed by atoms with Crippen LogP contribution in [0.1, 0.15) is 43.6 Å². The van der Waals surface area contributed by atoms with Gasteiger partial charge in [0.1, 0.15) is 0 Å². The van der Waals surface area contributed by atoms with E-state index in [4.69, 9.17) is 0 Å². The molecule has 104 valence electrons. The Morgan fingerprint density at radius 3 is 2.74 bits per heavy atom. The van der Waals surface area contributed by atoms with Crippen LogP contribution in [0.25, 0.3) is 0 Å². The molecule has 1 aromatic carbocycles. The minimum Gasteiger partial charge on any atom is -0.469 e. The fourth-order valence-corrected chi connectivity index (χ4v) is 2.94. The summed E-state index contributed by atoms with van der Waals surface area (Å²) < 4.78 is 4.67. The van der Waals surface area contributed by atoms with Gasteiger partial charge in [-0.2, -0.15) is 0 Å². The van der Waals surface area contributed by atoms with Crippen molar-refractivity contribution < 1.29 is 9.53 Å². The Balaban J connectivity index is 1.91. The monoisotopic (exact) mass is 261 g/mol. The van der Waals surface area contributed by atoms with Gasteiger partial charge in [-0.15, -0.1) is 0 Å². The molecule has 1 aliphatic rings. The zero-order valence-electron chi connectivity index (χ0n) is 11.6. The summed E-state index contributed by atoms with van der Waals surface area (Å²) in [5.41, 5.74) is 1.41. The van der Waals surface area contributed by atoms with Crippen LogP contribution in [-0.2, 0) is 9.53 Å². The van der Waals surface area contributed by atoms with Gasteiger partial charge in [0.25, 0.3) is 0 Å². The zero-order valence-corrected chi connectivity index (χ0v) is 11.6. The van der Waals surface area contributed by atoms with Crippen LogP contribution in [0.4, 0.5) is 0 Å². The van der Waals surface area contributed by atoms with E-state index in [9.17, 15) is 4.79 Å². The molecule has 1 aliphatic carbocycles. The highest BCUT2D eigenvalue weighted by molar-refractivity contribution is 5.69. The highest BCUT2D eigenvalue weighted by atomic mass is 16.5. The van der Waals surface area contributed by atoms with Crippen LogP contribution in [0.5, 0.6) is 0 Å². The number of hydrogen-bond acceptors (Lipinski definition) is 3. The van der Waals surface area contributed by atoms with E-state index in [0.29, 0.717) is 24.9 Å². The standard InChI is InChI=1S/C16H23NO2/c1-19-16(18)11-12-17-15-10-6-5-9-14(15)13-7-3-2-4-8-13/h2-4,7-8,14-15,17H,5-6,9-12H2,1H3. The third kappa shape index (κ3) is 4.06. The molecule has 2 unspecified atom stereocenters. The summed E-state index contributed by atoms with van der Waals surface area (Å²) in [5.74, 6) is 0.437. The molecule has 0 bridgehead atoms. The van der Waals surface area contributed by atoms with Gasteiger partial charge in [0.05, 0.1) is 13.5 Å². The minimum atomic E-state index is -0.139. The predicted octanol–water partition coefficient (Wildman–Crippen LogP) is 2.87.